The molecule has 430 valence electrons. The van der Waals surface area contributed by atoms with E-state index in [-0.39, 0.29) is 12.5 Å². The van der Waals surface area contributed by atoms with Crippen LogP contribution in [0.4, 0.5) is 0 Å². The molecule has 3 unspecified atom stereocenters. The highest BCUT2D eigenvalue weighted by molar-refractivity contribution is 5.76. The Morgan fingerprint density at radius 2 is 0.603 bits per heavy atom. The van der Waals surface area contributed by atoms with Crippen LogP contribution in [0.25, 0.3) is 0 Å². The minimum absolute atomic E-state index is 0.154. The first kappa shape index (κ1) is 71.3. The van der Waals surface area contributed by atoms with Gasteiger partial charge in [0.05, 0.1) is 18.8 Å². The molecule has 0 bridgehead atoms. The average molecular weight is 1020 g/mol. The van der Waals surface area contributed by atoms with Crippen LogP contribution in [0.5, 0.6) is 0 Å². The van der Waals surface area contributed by atoms with Crippen molar-refractivity contribution in [2.45, 2.75) is 372 Å². The highest BCUT2D eigenvalue weighted by atomic mass is 16.3. The van der Waals surface area contributed by atoms with Crippen LogP contribution in [0, 0.1) is 0 Å². The van der Waals surface area contributed by atoms with Gasteiger partial charge < -0.3 is 20.6 Å². The van der Waals surface area contributed by atoms with Crippen molar-refractivity contribution in [1.29, 1.82) is 0 Å². The van der Waals surface area contributed by atoms with E-state index in [1.54, 1.807) is 0 Å². The molecule has 0 saturated carbocycles. The monoisotopic (exact) mass is 1020 g/mol. The predicted molar refractivity (Wildman–Crippen MR) is 324 cm³/mol. The molecule has 3 atom stereocenters. The van der Waals surface area contributed by atoms with Crippen LogP contribution in [-0.2, 0) is 4.79 Å². The van der Waals surface area contributed by atoms with Gasteiger partial charge in [0, 0.05) is 6.42 Å². The van der Waals surface area contributed by atoms with Gasteiger partial charge in [0.15, 0.2) is 0 Å². The number of unbranched alkanes of at least 4 members (excludes halogenated alkanes) is 45. The van der Waals surface area contributed by atoms with Crippen molar-refractivity contribution >= 4 is 5.91 Å². The Morgan fingerprint density at radius 1 is 0.342 bits per heavy atom. The second kappa shape index (κ2) is 62.8. The average Bonchev–Trinajstić information content (AvgIpc) is 3.40. The number of aliphatic hydroxyl groups is 3. The van der Waals surface area contributed by atoms with Crippen molar-refractivity contribution in [2.75, 3.05) is 6.61 Å². The standard InChI is InChI=1S/C68H129NO4/c1-3-5-7-9-11-13-15-17-19-21-23-25-27-28-29-30-31-32-33-34-35-36-37-38-39-40-41-43-45-47-49-51-53-55-57-59-61-63-67(72)69-65(64-70)68(73)66(71)62-60-58-56-54-52-50-48-46-44-42-26-24-22-20-18-16-14-12-10-8-6-4-2/h29-30,32-33,46,48,54,56,65-66,68,70-71,73H,3-28,31,34-45,47,49-53,55,57-64H2,1-2H3,(H,69,72)/b30-29-,33-32-,48-46+,56-54+. The molecule has 0 saturated heterocycles. The number of aliphatic hydroxyl groups excluding tert-OH is 3. The molecule has 0 aromatic rings. The number of carbonyl (C=O) groups excluding carboxylic acids is 1. The molecular formula is C68H129NO4. The van der Waals surface area contributed by atoms with Crippen molar-refractivity contribution in [3.8, 4) is 0 Å². The van der Waals surface area contributed by atoms with Gasteiger partial charge in [-0.1, -0.05) is 313 Å². The lowest BCUT2D eigenvalue weighted by atomic mass is 10.0. The molecule has 0 fully saturated rings. The van der Waals surface area contributed by atoms with E-state index >= 15 is 0 Å². The molecule has 0 aliphatic rings. The van der Waals surface area contributed by atoms with E-state index in [4.69, 9.17) is 0 Å². The number of allylic oxidation sites excluding steroid dienone is 8. The van der Waals surface area contributed by atoms with Crippen LogP contribution >= 0.6 is 0 Å². The molecular weight excluding hydrogens is 895 g/mol. The number of hydrogen-bond acceptors (Lipinski definition) is 4. The first-order chi connectivity index (χ1) is 36.1. The van der Waals surface area contributed by atoms with Gasteiger partial charge in [-0.25, -0.2) is 0 Å². The SMILES string of the molecule is CCCCCCCCCCCCCCC/C=C\C/C=C\CCCCCCCCCCCCCCCCCCCC(=O)NC(CO)C(O)C(O)CCC/C=C/CC/C=C/CCCCCCCCCCCCCCC. The number of carbonyl (C=O) groups is 1. The van der Waals surface area contributed by atoms with Gasteiger partial charge in [-0.3, -0.25) is 4.79 Å². The summed E-state index contributed by atoms with van der Waals surface area (Å²) >= 11 is 0. The Kier molecular flexibility index (Phi) is 61.4. The summed E-state index contributed by atoms with van der Waals surface area (Å²) in [4.78, 5) is 12.6. The first-order valence-electron chi connectivity index (χ1n) is 32.9. The molecule has 0 rings (SSSR count). The second-order valence-corrected chi connectivity index (χ2v) is 22.7. The van der Waals surface area contributed by atoms with E-state index < -0.39 is 18.2 Å². The van der Waals surface area contributed by atoms with Gasteiger partial charge in [-0.15, -0.1) is 0 Å². The lowest BCUT2D eigenvalue weighted by Gasteiger charge is -2.26. The smallest absolute Gasteiger partial charge is 0.220 e. The Balaban J connectivity index is 3.52. The van der Waals surface area contributed by atoms with Crippen molar-refractivity contribution < 1.29 is 20.1 Å². The largest absolute Gasteiger partial charge is 0.394 e. The minimum atomic E-state index is -1.17. The fourth-order valence-electron chi connectivity index (χ4n) is 10.3. The Labute approximate surface area is 457 Å². The highest BCUT2D eigenvalue weighted by Crippen LogP contribution is 2.18. The van der Waals surface area contributed by atoms with Crippen LogP contribution in [0.15, 0.2) is 48.6 Å². The van der Waals surface area contributed by atoms with Crippen molar-refractivity contribution in [3.05, 3.63) is 48.6 Å². The molecule has 0 aromatic heterocycles. The van der Waals surface area contributed by atoms with Crippen molar-refractivity contribution in [1.82, 2.24) is 5.32 Å². The van der Waals surface area contributed by atoms with Crippen LogP contribution < -0.4 is 5.32 Å². The molecule has 0 heterocycles. The summed E-state index contributed by atoms with van der Waals surface area (Å²) in [7, 11) is 0. The van der Waals surface area contributed by atoms with E-state index in [9.17, 15) is 20.1 Å². The van der Waals surface area contributed by atoms with E-state index in [2.05, 4.69) is 67.8 Å². The maximum atomic E-state index is 12.6. The van der Waals surface area contributed by atoms with Gasteiger partial charge >= 0.3 is 0 Å². The molecule has 0 spiro atoms. The van der Waals surface area contributed by atoms with E-state index in [0.29, 0.717) is 12.8 Å². The summed E-state index contributed by atoms with van der Waals surface area (Å²) in [5.41, 5.74) is 0. The maximum absolute atomic E-state index is 12.6. The Hall–Kier alpha value is -1.69. The molecule has 0 aliphatic carbocycles. The normalized spacial score (nSPS) is 13.4. The van der Waals surface area contributed by atoms with Gasteiger partial charge in [0.25, 0.3) is 0 Å². The van der Waals surface area contributed by atoms with Gasteiger partial charge in [-0.05, 0) is 83.5 Å². The highest BCUT2D eigenvalue weighted by Gasteiger charge is 2.26. The fraction of sp³-hybridized carbons (Fsp3) is 0.868. The number of rotatable bonds is 61. The summed E-state index contributed by atoms with van der Waals surface area (Å²) in [5.74, 6) is -0.154. The summed E-state index contributed by atoms with van der Waals surface area (Å²) in [6.45, 7) is 4.20. The number of nitrogens with one attached hydrogen (secondary N) is 1. The molecule has 0 radical (unpaired) electrons. The summed E-state index contributed by atoms with van der Waals surface area (Å²) in [6, 6.07) is -0.834. The fourth-order valence-corrected chi connectivity index (χ4v) is 10.3. The quantitative estimate of drug-likeness (QED) is 0.0361. The Morgan fingerprint density at radius 3 is 0.918 bits per heavy atom. The lowest BCUT2D eigenvalue weighted by molar-refractivity contribution is -0.124. The third kappa shape index (κ3) is 57.8. The molecule has 1 amide bonds. The van der Waals surface area contributed by atoms with Crippen LogP contribution in [0.1, 0.15) is 354 Å². The number of amides is 1. The zero-order chi connectivity index (χ0) is 52.9. The van der Waals surface area contributed by atoms with Crippen molar-refractivity contribution in [3.63, 3.8) is 0 Å². The molecule has 73 heavy (non-hydrogen) atoms. The summed E-state index contributed by atoms with van der Waals surface area (Å²) < 4.78 is 0. The summed E-state index contributed by atoms with van der Waals surface area (Å²) in [5, 5.41) is 33.8. The summed E-state index contributed by atoms with van der Waals surface area (Å²) in [6.07, 6.45) is 84.6. The molecule has 0 aliphatic heterocycles. The predicted octanol–water partition coefficient (Wildman–Crippen LogP) is 21.1. The van der Waals surface area contributed by atoms with Crippen LogP contribution in [0.3, 0.4) is 0 Å². The molecule has 4 N–H and O–H groups in total. The third-order valence-electron chi connectivity index (χ3n) is 15.4. The van der Waals surface area contributed by atoms with Gasteiger partial charge in [-0.2, -0.15) is 0 Å². The zero-order valence-corrected chi connectivity index (χ0v) is 49.3. The lowest BCUT2D eigenvalue weighted by Crippen LogP contribution is -2.50. The van der Waals surface area contributed by atoms with Crippen LogP contribution in [-0.4, -0.2) is 46.1 Å². The molecule has 5 nitrogen and oxygen atoms in total. The third-order valence-corrected chi connectivity index (χ3v) is 15.4. The number of hydrogen-bond donors (Lipinski definition) is 4. The molecule has 5 heteroatoms. The topological polar surface area (TPSA) is 89.8 Å². The second-order valence-electron chi connectivity index (χ2n) is 22.7. The molecule has 0 aromatic carbocycles. The van der Waals surface area contributed by atoms with Crippen molar-refractivity contribution in [2.24, 2.45) is 0 Å². The zero-order valence-electron chi connectivity index (χ0n) is 49.3. The minimum Gasteiger partial charge on any atom is -0.394 e. The van der Waals surface area contributed by atoms with E-state index in [1.807, 2.05) is 0 Å². The van der Waals surface area contributed by atoms with E-state index in [0.717, 1.165) is 51.4 Å². The first-order valence-corrected chi connectivity index (χ1v) is 32.9. The van der Waals surface area contributed by atoms with Crippen LogP contribution in [0.2, 0.25) is 0 Å². The van der Waals surface area contributed by atoms with Gasteiger partial charge in [0.2, 0.25) is 5.91 Å². The van der Waals surface area contributed by atoms with E-state index in [1.165, 1.54) is 276 Å². The van der Waals surface area contributed by atoms with Gasteiger partial charge in [0.1, 0.15) is 6.10 Å². The Bertz CT molecular complexity index is 1180. The maximum Gasteiger partial charge on any atom is 0.220 e.